The zero-order valence-corrected chi connectivity index (χ0v) is 14.8. The molecule has 0 fully saturated rings. The van der Waals surface area contributed by atoms with Crippen molar-refractivity contribution < 1.29 is 0 Å². The van der Waals surface area contributed by atoms with Crippen molar-refractivity contribution in [3.05, 3.63) is 71.0 Å². The Morgan fingerprint density at radius 2 is 1.96 bits per heavy atom. The summed E-state index contributed by atoms with van der Waals surface area (Å²) in [6.07, 6.45) is 1.46. The molecule has 0 aliphatic carbocycles. The number of nitrogens with zero attached hydrogens (tertiary/aromatic N) is 4. The van der Waals surface area contributed by atoms with E-state index in [4.69, 9.17) is 11.6 Å². The van der Waals surface area contributed by atoms with E-state index in [9.17, 15) is 5.26 Å². The molecule has 0 saturated carbocycles. The standard InChI is InChI=1S/C19H14ClN7/c20-14-6-3-7-15(8-14)25-17-16-18(26-27-19(16)24-11-23-17)22-10-13-5-2-1-4-12(13)9-21/h1-8,11H,10H2,(H3,22,23,24,25,26,27). The Morgan fingerprint density at radius 3 is 2.81 bits per heavy atom. The molecule has 0 bridgehead atoms. The van der Waals surface area contributed by atoms with Gasteiger partial charge in [0.2, 0.25) is 0 Å². The van der Waals surface area contributed by atoms with Crippen molar-refractivity contribution in [1.29, 1.82) is 5.26 Å². The molecule has 0 aliphatic rings. The summed E-state index contributed by atoms with van der Waals surface area (Å²) in [5.74, 6) is 1.20. The fraction of sp³-hybridized carbons (Fsp3) is 0.0526. The van der Waals surface area contributed by atoms with Gasteiger partial charge in [0.1, 0.15) is 17.5 Å². The molecule has 8 heteroatoms. The number of rotatable bonds is 5. The lowest BCUT2D eigenvalue weighted by molar-refractivity contribution is 1.05. The van der Waals surface area contributed by atoms with Gasteiger partial charge in [0.15, 0.2) is 11.5 Å². The number of nitrogens with one attached hydrogen (secondary N) is 3. The zero-order valence-electron chi connectivity index (χ0n) is 14.1. The van der Waals surface area contributed by atoms with Crippen molar-refractivity contribution in [3.8, 4) is 6.07 Å². The molecule has 132 valence electrons. The van der Waals surface area contributed by atoms with Gasteiger partial charge in [0.25, 0.3) is 0 Å². The molecule has 0 saturated heterocycles. The average molecular weight is 376 g/mol. The first-order valence-corrected chi connectivity index (χ1v) is 8.56. The van der Waals surface area contributed by atoms with E-state index in [0.29, 0.717) is 34.4 Å². The van der Waals surface area contributed by atoms with Crippen molar-refractivity contribution in [2.45, 2.75) is 6.54 Å². The van der Waals surface area contributed by atoms with Crippen molar-refractivity contribution in [2.24, 2.45) is 0 Å². The zero-order chi connectivity index (χ0) is 18.6. The first-order valence-electron chi connectivity index (χ1n) is 8.18. The molecule has 0 spiro atoms. The fourth-order valence-electron chi connectivity index (χ4n) is 2.75. The molecular formula is C19H14ClN7. The smallest absolute Gasteiger partial charge is 0.162 e. The summed E-state index contributed by atoms with van der Waals surface area (Å²) in [4.78, 5) is 8.56. The lowest BCUT2D eigenvalue weighted by Gasteiger charge is -2.09. The van der Waals surface area contributed by atoms with Crippen LogP contribution in [0.1, 0.15) is 11.1 Å². The predicted octanol–water partition coefficient (Wildman–Crippen LogP) is 4.23. The largest absolute Gasteiger partial charge is 0.364 e. The number of aromatic nitrogens is 4. The van der Waals surface area contributed by atoms with Gasteiger partial charge in [-0.05, 0) is 29.8 Å². The summed E-state index contributed by atoms with van der Waals surface area (Å²) < 4.78 is 0. The van der Waals surface area contributed by atoms with Crippen LogP contribution in [-0.2, 0) is 6.54 Å². The third kappa shape index (κ3) is 3.52. The number of H-pyrrole nitrogens is 1. The second-order valence-electron chi connectivity index (χ2n) is 5.78. The second-order valence-corrected chi connectivity index (χ2v) is 6.21. The molecule has 7 nitrogen and oxygen atoms in total. The molecule has 2 aromatic heterocycles. The predicted molar refractivity (Wildman–Crippen MR) is 105 cm³/mol. The van der Waals surface area contributed by atoms with Crippen LogP contribution >= 0.6 is 11.6 Å². The Hall–Kier alpha value is -3.63. The van der Waals surface area contributed by atoms with E-state index in [1.807, 2.05) is 36.4 Å². The van der Waals surface area contributed by atoms with Crippen LogP contribution in [0.15, 0.2) is 54.9 Å². The molecule has 0 unspecified atom stereocenters. The first-order chi connectivity index (χ1) is 13.2. The van der Waals surface area contributed by atoms with Gasteiger partial charge in [0, 0.05) is 17.3 Å². The van der Waals surface area contributed by atoms with Crippen molar-refractivity contribution >= 4 is 40.0 Å². The Balaban J connectivity index is 1.65. The molecule has 0 atom stereocenters. The van der Waals surface area contributed by atoms with Crippen molar-refractivity contribution in [2.75, 3.05) is 10.6 Å². The summed E-state index contributed by atoms with van der Waals surface area (Å²) in [5, 5.41) is 24.3. The molecular weight excluding hydrogens is 362 g/mol. The number of aromatic amines is 1. The van der Waals surface area contributed by atoms with Gasteiger partial charge in [0.05, 0.1) is 11.6 Å². The average Bonchev–Trinajstić information content (AvgIpc) is 3.11. The highest BCUT2D eigenvalue weighted by molar-refractivity contribution is 6.30. The number of anilines is 3. The minimum atomic E-state index is 0.454. The van der Waals surface area contributed by atoms with E-state index in [1.54, 1.807) is 12.1 Å². The second kappa shape index (κ2) is 7.32. The number of hydrogen-bond acceptors (Lipinski definition) is 6. The molecule has 0 radical (unpaired) electrons. The summed E-state index contributed by atoms with van der Waals surface area (Å²) in [7, 11) is 0. The van der Waals surface area contributed by atoms with Gasteiger partial charge in [-0.15, -0.1) is 0 Å². The maximum absolute atomic E-state index is 9.24. The van der Waals surface area contributed by atoms with E-state index in [2.05, 4.69) is 36.9 Å². The maximum Gasteiger partial charge on any atom is 0.162 e. The lowest BCUT2D eigenvalue weighted by atomic mass is 10.1. The first kappa shape index (κ1) is 16.8. The molecule has 2 aromatic carbocycles. The number of fused-ring (bicyclic) bond motifs is 1. The van der Waals surface area contributed by atoms with Crippen LogP contribution in [0.3, 0.4) is 0 Å². The Kier molecular flexibility index (Phi) is 4.56. The molecule has 2 heterocycles. The molecule has 0 amide bonds. The summed E-state index contributed by atoms with van der Waals surface area (Å²) in [6.45, 7) is 0.454. The van der Waals surface area contributed by atoms with E-state index in [1.165, 1.54) is 6.33 Å². The monoisotopic (exact) mass is 375 g/mol. The number of hydrogen-bond donors (Lipinski definition) is 3. The topological polar surface area (TPSA) is 102 Å². The van der Waals surface area contributed by atoms with Gasteiger partial charge in [-0.2, -0.15) is 10.4 Å². The highest BCUT2D eigenvalue weighted by Gasteiger charge is 2.13. The summed E-state index contributed by atoms with van der Waals surface area (Å²) >= 11 is 6.06. The third-order valence-electron chi connectivity index (χ3n) is 4.03. The van der Waals surface area contributed by atoms with Crippen LogP contribution < -0.4 is 10.6 Å². The number of halogens is 1. The minimum Gasteiger partial charge on any atom is -0.364 e. The minimum absolute atomic E-state index is 0.454. The van der Waals surface area contributed by atoms with Crippen LogP contribution in [0.5, 0.6) is 0 Å². The Morgan fingerprint density at radius 1 is 1.07 bits per heavy atom. The Labute approximate surface area is 160 Å². The number of benzene rings is 2. The molecule has 0 aliphatic heterocycles. The summed E-state index contributed by atoms with van der Waals surface area (Å²) in [6, 6.07) is 17.0. The van der Waals surface area contributed by atoms with Crippen molar-refractivity contribution in [1.82, 2.24) is 20.2 Å². The van der Waals surface area contributed by atoms with Gasteiger partial charge in [-0.25, -0.2) is 9.97 Å². The van der Waals surface area contributed by atoms with Crippen LogP contribution in [0.25, 0.3) is 11.0 Å². The molecule has 27 heavy (non-hydrogen) atoms. The Bertz CT molecular complexity index is 1150. The quantitative estimate of drug-likeness (QED) is 0.482. The summed E-state index contributed by atoms with van der Waals surface area (Å²) in [5.41, 5.74) is 2.92. The van der Waals surface area contributed by atoms with E-state index in [-0.39, 0.29) is 0 Å². The fourth-order valence-corrected chi connectivity index (χ4v) is 2.94. The lowest BCUT2D eigenvalue weighted by Crippen LogP contribution is -2.03. The van der Waals surface area contributed by atoms with Gasteiger partial charge >= 0.3 is 0 Å². The molecule has 3 N–H and O–H groups in total. The van der Waals surface area contributed by atoms with E-state index >= 15 is 0 Å². The highest BCUT2D eigenvalue weighted by atomic mass is 35.5. The normalized spacial score (nSPS) is 10.5. The van der Waals surface area contributed by atoms with Gasteiger partial charge in [-0.3, -0.25) is 5.10 Å². The van der Waals surface area contributed by atoms with Crippen LogP contribution in [0.4, 0.5) is 17.3 Å². The third-order valence-corrected chi connectivity index (χ3v) is 4.26. The number of nitriles is 1. The van der Waals surface area contributed by atoms with Crippen molar-refractivity contribution in [3.63, 3.8) is 0 Å². The van der Waals surface area contributed by atoms with Crippen LogP contribution in [-0.4, -0.2) is 20.2 Å². The van der Waals surface area contributed by atoms with Gasteiger partial charge in [-0.1, -0.05) is 35.9 Å². The van der Waals surface area contributed by atoms with Crippen LogP contribution in [0.2, 0.25) is 5.02 Å². The van der Waals surface area contributed by atoms with Gasteiger partial charge < -0.3 is 10.6 Å². The van der Waals surface area contributed by atoms with E-state index < -0.39 is 0 Å². The maximum atomic E-state index is 9.24. The SMILES string of the molecule is N#Cc1ccccc1CNc1n[nH]c2ncnc(Nc3cccc(Cl)c3)c12. The molecule has 4 rings (SSSR count). The van der Waals surface area contributed by atoms with E-state index in [0.717, 1.165) is 16.6 Å². The highest BCUT2D eigenvalue weighted by Crippen LogP contribution is 2.29. The van der Waals surface area contributed by atoms with Crippen LogP contribution in [0, 0.1) is 11.3 Å². The molecule has 4 aromatic rings.